The maximum Gasteiger partial charge on any atom is 0.219 e. The first-order chi connectivity index (χ1) is 10.6. The van der Waals surface area contributed by atoms with Gasteiger partial charge in [-0.1, -0.05) is 18.2 Å². The summed E-state index contributed by atoms with van der Waals surface area (Å²) >= 11 is 0. The number of fused-ring (bicyclic) bond motifs is 3. The SMILES string of the molecule is CC(=O)N(C)CCCc1nc2c(N)nc3ccccc3c2[nH]1. The summed E-state index contributed by atoms with van der Waals surface area (Å²) in [7, 11) is 1.80. The molecule has 0 bridgehead atoms. The minimum atomic E-state index is 0.0732. The average Bonchev–Trinajstić information content (AvgIpc) is 2.92. The van der Waals surface area contributed by atoms with Gasteiger partial charge < -0.3 is 15.6 Å². The number of anilines is 1. The summed E-state index contributed by atoms with van der Waals surface area (Å²) in [6, 6.07) is 7.86. The van der Waals surface area contributed by atoms with Crippen LogP contribution in [-0.2, 0) is 11.2 Å². The summed E-state index contributed by atoms with van der Waals surface area (Å²) in [5.74, 6) is 1.39. The number of nitrogen functional groups attached to an aromatic ring is 1. The van der Waals surface area contributed by atoms with E-state index < -0.39 is 0 Å². The van der Waals surface area contributed by atoms with Crippen molar-refractivity contribution in [1.82, 2.24) is 19.9 Å². The van der Waals surface area contributed by atoms with Crippen molar-refractivity contribution in [2.24, 2.45) is 0 Å². The predicted octanol–water partition coefficient (Wildman–Crippen LogP) is 2.10. The molecule has 0 aliphatic carbocycles. The molecule has 0 spiro atoms. The topological polar surface area (TPSA) is 87.9 Å². The Kier molecular flexibility index (Phi) is 3.66. The van der Waals surface area contributed by atoms with Crippen molar-refractivity contribution in [3.63, 3.8) is 0 Å². The first kappa shape index (κ1) is 14.3. The number of amides is 1. The number of carbonyl (C=O) groups excluding carboxylic acids is 1. The molecular weight excluding hydrogens is 278 g/mol. The molecule has 0 saturated carbocycles. The van der Waals surface area contributed by atoms with Crippen LogP contribution >= 0.6 is 0 Å². The van der Waals surface area contributed by atoms with Crippen LogP contribution in [0.15, 0.2) is 24.3 Å². The molecule has 6 heteroatoms. The third-order valence-corrected chi connectivity index (χ3v) is 3.85. The van der Waals surface area contributed by atoms with Crippen LogP contribution in [0.1, 0.15) is 19.2 Å². The second-order valence-electron chi connectivity index (χ2n) is 5.47. The van der Waals surface area contributed by atoms with E-state index in [2.05, 4.69) is 15.0 Å². The molecule has 114 valence electrons. The van der Waals surface area contributed by atoms with Gasteiger partial charge in [-0.2, -0.15) is 0 Å². The fraction of sp³-hybridized carbons (Fsp3) is 0.312. The Morgan fingerprint density at radius 1 is 1.32 bits per heavy atom. The molecule has 0 fully saturated rings. The van der Waals surface area contributed by atoms with E-state index in [-0.39, 0.29) is 5.91 Å². The number of imidazole rings is 1. The van der Waals surface area contributed by atoms with Crippen LogP contribution in [0.3, 0.4) is 0 Å². The zero-order valence-corrected chi connectivity index (χ0v) is 12.8. The number of rotatable bonds is 4. The van der Waals surface area contributed by atoms with E-state index in [1.165, 1.54) is 0 Å². The van der Waals surface area contributed by atoms with E-state index in [1.54, 1.807) is 18.9 Å². The summed E-state index contributed by atoms with van der Waals surface area (Å²) in [6.45, 7) is 2.28. The first-order valence-corrected chi connectivity index (χ1v) is 7.31. The lowest BCUT2D eigenvalue weighted by molar-refractivity contribution is -0.127. The van der Waals surface area contributed by atoms with Crippen molar-refractivity contribution in [3.05, 3.63) is 30.1 Å². The molecule has 1 amide bonds. The number of aromatic amines is 1. The van der Waals surface area contributed by atoms with Crippen LogP contribution < -0.4 is 5.73 Å². The molecule has 0 saturated heterocycles. The van der Waals surface area contributed by atoms with Crippen LogP contribution in [0.2, 0.25) is 0 Å². The molecular formula is C16H19N5O. The summed E-state index contributed by atoms with van der Waals surface area (Å²) in [5, 5.41) is 1.02. The van der Waals surface area contributed by atoms with E-state index in [0.29, 0.717) is 17.9 Å². The van der Waals surface area contributed by atoms with Crippen molar-refractivity contribution in [3.8, 4) is 0 Å². The second-order valence-corrected chi connectivity index (χ2v) is 5.47. The molecule has 2 aromatic heterocycles. The molecule has 3 N–H and O–H groups in total. The Balaban J connectivity index is 1.88. The van der Waals surface area contributed by atoms with Crippen molar-refractivity contribution in [1.29, 1.82) is 0 Å². The van der Waals surface area contributed by atoms with E-state index in [1.807, 2.05) is 24.3 Å². The number of nitrogens with two attached hydrogens (primary N) is 1. The van der Waals surface area contributed by atoms with Crippen molar-refractivity contribution < 1.29 is 4.79 Å². The molecule has 3 rings (SSSR count). The summed E-state index contributed by atoms with van der Waals surface area (Å²) in [5.41, 5.74) is 8.51. The number of nitrogens with zero attached hydrogens (tertiary/aromatic N) is 3. The van der Waals surface area contributed by atoms with E-state index in [4.69, 9.17) is 5.73 Å². The van der Waals surface area contributed by atoms with Crippen molar-refractivity contribution in [2.45, 2.75) is 19.8 Å². The van der Waals surface area contributed by atoms with Gasteiger partial charge in [-0.15, -0.1) is 0 Å². The van der Waals surface area contributed by atoms with E-state index in [9.17, 15) is 4.79 Å². The van der Waals surface area contributed by atoms with Gasteiger partial charge in [-0.3, -0.25) is 4.79 Å². The number of aromatic nitrogens is 3. The highest BCUT2D eigenvalue weighted by atomic mass is 16.2. The third kappa shape index (κ3) is 2.59. The monoisotopic (exact) mass is 297 g/mol. The molecule has 0 unspecified atom stereocenters. The highest BCUT2D eigenvalue weighted by Gasteiger charge is 2.11. The molecule has 22 heavy (non-hydrogen) atoms. The summed E-state index contributed by atoms with van der Waals surface area (Å²) < 4.78 is 0. The number of para-hydroxylation sites is 1. The molecule has 0 atom stereocenters. The summed E-state index contributed by atoms with van der Waals surface area (Å²) in [6.07, 6.45) is 1.61. The maximum absolute atomic E-state index is 11.2. The number of H-pyrrole nitrogens is 1. The van der Waals surface area contributed by atoms with Crippen LogP contribution in [0.5, 0.6) is 0 Å². The second kappa shape index (κ2) is 5.63. The lowest BCUT2D eigenvalue weighted by Crippen LogP contribution is -2.25. The summed E-state index contributed by atoms with van der Waals surface area (Å²) in [4.78, 5) is 25.2. The highest BCUT2D eigenvalue weighted by molar-refractivity contribution is 6.06. The molecule has 3 aromatic rings. The van der Waals surface area contributed by atoms with Crippen LogP contribution in [0, 0.1) is 0 Å². The number of pyridine rings is 1. The lowest BCUT2D eigenvalue weighted by Gasteiger charge is -2.13. The molecule has 2 heterocycles. The van der Waals surface area contributed by atoms with Gasteiger partial charge in [0.05, 0.1) is 11.0 Å². The van der Waals surface area contributed by atoms with Crippen LogP contribution in [0.25, 0.3) is 21.9 Å². The highest BCUT2D eigenvalue weighted by Crippen LogP contribution is 2.26. The Hall–Kier alpha value is -2.63. The molecule has 0 radical (unpaired) electrons. The molecule has 6 nitrogen and oxygen atoms in total. The van der Waals surface area contributed by atoms with Gasteiger partial charge in [-0.05, 0) is 12.5 Å². The zero-order valence-electron chi connectivity index (χ0n) is 12.8. The Morgan fingerprint density at radius 3 is 2.86 bits per heavy atom. The molecule has 0 aliphatic heterocycles. The smallest absolute Gasteiger partial charge is 0.219 e. The Morgan fingerprint density at radius 2 is 2.09 bits per heavy atom. The standard InChI is InChI=1S/C16H19N5O/c1-10(22)21(2)9-5-8-13-19-14-11-6-3-4-7-12(11)18-16(17)15(14)20-13/h3-4,6-7H,5,8-9H2,1-2H3,(H2,17,18)(H,19,20). The van der Waals surface area contributed by atoms with Gasteiger partial charge in [0.25, 0.3) is 0 Å². The van der Waals surface area contributed by atoms with Crippen molar-refractivity contribution >= 4 is 33.7 Å². The average molecular weight is 297 g/mol. The predicted molar refractivity (Wildman–Crippen MR) is 87.4 cm³/mol. The lowest BCUT2D eigenvalue weighted by atomic mass is 10.2. The molecule has 0 aliphatic rings. The Bertz CT molecular complexity index is 839. The van der Waals surface area contributed by atoms with Gasteiger partial charge in [0, 0.05) is 32.3 Å². The zero-order chi connectivity index (χ0) is 15.7. The van der Waals surface area contributed by atoms with Gasteiger partial charge in [0.1, 0.15) is 11.3 Å². The number of aryl methyl sites for hydroxylation is 1. The minimum absolute atomic E-state index is 0.0732. The van der Waals surface area contributed by atoms with Gasteiger partial charge in [0.2, 0.25) is 5.91 Å². The fourth-order valence-electron chi connectivity index (χ4n) is 2.53. The number of carbonyl (C=O) groups is 1. The number of hydrogen-bond donors (Lipinski definition) is 2. The number of benzene rings is 1. The van der Waals surface area contributed by atoms with Gasteiger partial charge in [-0.25, -0.2) is 9.97 Å². The maximum atomic E-state index is 11.2. The van der Waals surface area contributed by atoms with E-state index >= 15 is 0 Å². The van der Waals surface area contributed by atoms with Crippen molar-refractivity contribution in [2.75, 3.05) is 19.3 Å². The van der Waals surface area contributed by atoms with Gasteiger partial charge >= 0.3 is 0 Å². The Labute approximate surface area is 128 Å². The normalized spacial score (nSPS) is 11.2. The molecule has 1 aromatic carbocycles. The van der Waals surface area contributed by atoms with Crippen LogP contribution in [0.4, 0.5) is 5.82 Å². The van der Waals surface area contributed by atoms with E-state index in [0.717, 1.165) is 35.1 Å². The minimum Gasteiger partial charge on any atom is -0.382 e. The van der Waals surface area contributed by atoms with Crippen LogP contribution in [-0.4, -0.2) is 39.4 Å². The third-order valence-electron chi connectivity index (χ3n) is 3.85. The number of nitrogens with one attached hydrogen (secondary N) is 1. The van der Waals surface area contributed by atoms with Gasteiger partial charge in [0.15, 0.2) is 5.82 Å². The first-order valence-electron chi connectivity index (χ1n) is 7.31. The fourth-order valence-corrected chi connectivity index (χ4v) is 2.53. The number of hydrogen-bond acceptors (Lipinski definition) is 4. The quantitative estimate of drug-likeness (QED) is 0.772. The largest absolute Gasteiger partial charge is 0.382 e.